The maximum atomic E-state index is 13.1. The minimum Gasteiger partial charge on any atom is -0.497 e. The number of carbonyl (C=O) groups excluding carboxylic acids is 2. The van der Waals surface area contributed by atoms with Crippen molar-refractivity contribution in [3.05, 3.63) is 59.1 Å². The molecule has 30 heavy (non-hydrogen) atoms. The first-order valence-corrected chi connectivity index (χ1v) is 10.3. The number of hydrogen-bond donors (Lipinski definition) is 1. The number of carbonyl (C=O) groups is 2. The normalized spacial score (nSPS) is 11.7. The van der Waals surface area contributed by atoms with E-state index >= 15 is 0 Å². The molecule has 2 amide bonds. The number of benzene rings is 2. The van der Waals surface area contributed by atoms with Crippen LogP contribution in [0.2, 0.25) is 5.02 Å². The second-order valence-corrected chi connectivity index (χ2v) is 7.64. The highest BCUT2D eigenvalue weighted by molar-refractivity contribution is 6.30. The van der Waals surface area contributed by atoms with Gasteiger partial charge in [0.15, 0.2) is 6.61 Å². The van der Waals surface area contributed by atoms with Gasteiger partial charge in [-0.2, -0.15) is 0 Å². The molecule has 0 fully saturated rings. The third kappa shape index (κ3) is 6.95. The fourth-order valence-corrected chi connectivity index (χ4v) is 3.23. The Morgan fingerprint density at radius 1 is 1.10 bits per heavy atom. The van der Waals surface area contributed by atoms with Crippen molar-refractivity contribution in [1.29, 1.82) is 0 Å². The molecule has 0 aliphatic heterocycles. The average molecular weight is 433 g/mol. The second-order valence-electron chi connectivity index (χ2n) is 7.21. The van der Waals surface area contributed by atoms with Gasteiger partial charge in [0.1, 0.15) is 17.5 Å². The Labute approximate surface area is 183 Å². The topological polar surface area (TPSA) is 67.9 Å². The fourth-order valence-electron chi connectivity index (χ4n) is 3.05. The molecule has 162 valence electrons. The van der Waals surface area contributed by atoms with Crippen molar-refractivity contribution in [2.75, 3.05) is 13.7 Å². The fraction of sp³-hybridized carbons (Fsp3) is 0.391. The van der Waals surface area contributed by atoms with E-state index in [1.54, 1.807) is 36.3 Å². The summed E-state index contributed by atoms with van der Waals surface area (Å²) in [4.78, 5) is 27.4. The lowest BCUT2D eigenvalue weighted by molar-refractivity contribution is -0.143. The third-order valence-corrected chi connectivity index (χ3v) is 4.70. The van der Waals surface area contributed by atoms with Crippen molar-refractivity contribution in [2.45, 2.75) is 45.8 Å². The third-order valence-electron chi connectivity index (χ3n) is 4.46. The van der Waals surface area contributed by atoms with E-state index in [1.165, 1.54) is 0 Å². The Bertz CT molecular complexity index is 857. The Balaban J connectivity index is 2.23. The summed E-state index contributed by atoms with van der Waals surface area (Å²) in [6.45, 7) is 5.73. The van der Waals surface area contributed by atoms with Crippen LogP contribution in [0.4, 0.5) is 0 Å². The molecule has 0 bridgehead atoms. The second kappa shape index (κ2) is 11.5. The van der Waals surface area contributed by atoms with Crippen molar-refractivity contribution in [2.24, 2.45) is 0 Å². The lowest BCUT2D eigenvalue weighted by Gasteiger charge is -2.31. The van der Waals surface area contributed by atoms with E-state index in [4.69, 9.17) is 21.1 Å². The Morgan fingerprint density at radius 3 is 2.43 bits per heavy atom. The smallest absolute Gasteiger partial charge is 0.261 e. The summed E-state index contributed by atoms with van der Waals surface area (Å²) >= 11 is 5.98. The van der Waals surface area contributed by atoms with Crippen molar-refractivity contribution in [3.8, 4) is 11.5 Å². The number of halogens is 1. The van der Waals surface area contributed by atoms with Gasteiger partial charge in [-0.15, -0.1) is 0 Å². The molecule has 0 saturated carbocycles. The van der Waals surface area contributed by atoms with Crippen LogP contribution in [0.25, 0.3) is 0 Å². The van der Waals surface area contributed by atoms with Gasteiger partial charge in [0.25, 0.3) is 5.91 Å². The lowest BCUT2D eigenvalue weighted by atomic mass is 10.1. The Kier molecular flexibility index (Phi) is 8.99. The van der Waals surface area contributed by atoms with Gasteiger partial charge < -0.3 is 19.7 Å². The SMILES string of the molecule is CC[C@@H](C(=O)NC(C)C)N(Cc1cccc(OC)c1)C(=O)COc1cccc(Cl)c1. The molecule has 2 aromatic rings. The van der Waals surface area contributed by atoms with E-state index in [2.05, 4.69) is 5.32 Å². The lowest BCUT2D eigenvalue weighted by Crippen LogP contribution is -2.51. The highest BCUT2D eigenvalue weighted by atomic mass is 35.5. The van der Waals surface area contributed by atoms with Crippen molar-refractivity contribution < 1.29 is 19.1 Å². The molecule has 2 rings (SSSR count). The average Bonchev–Trinajstić information content (AvgIpc) is 2.71. The van der Waals surface area contributed by atoms with E-state index in [1.807, 2.05) is 45.0 Å². The molecule has 0 unspecified atom stereocenters. The zero-order valence-corrected chi connectivity index (χ0v) is 18.6. The monoisotopic (exact) mass is 432 g/mol. The standard InChI is InChI=1S/C23H29ClN2O4/c1-5-21(23(28)25-16(2)3)26(14-17-8-6-10-19(12-17)29-4)22(27)15-30-20-11-7-9-18(24)13-20/h6-13,16,21H,5,14-15H2,1-4H3,(H,25,28)/t21-/m0/s1. The van der Waals surface area contributed by atoms with Gasteiger partial charge in [-0.05, 0) is 56.2 Å². The molecule has 0 heterocycles. The van der Waals surface area contributed by atoms with Crippen LogP contribution < -0.4 is 14.8 Å². The number of ether oxygens (including phenoxy) is 2. The van der Waals surface area contributed by atoms with Gasteiger partial charge >= 0.3 is 0 Å². The van der Waals surface area contributed by atoms with E-state index in [0.29, 0.717) is 22.9 Å². The largest absolute Gasteiger partial charge is 0.497 e. The van der Waals surface area contributed by atoms with Crippen LogP contribution in [0, 0.1) is 0 Å². The van der Waals surface area contributed by atoms with Crippen LogP contribution in [0.1, 0.15) is 32.8 Å². The number of hydrogen-bond acceptors (Lipinski definition) is 4. The van der Waals surface area contributed by atoms with E-state index in [9.17, 15) is 9.59 Å². The molecule has 2 aromatic carbocycles. The summed E-state index contributed by atoms with van der Waals surface area (Å²) in [6, 6.07) is 13.7. The van der Waals surface area contributed by atoms with Crippen molar-refractivity contribution in [1.82, 2.24) is 10.2 Å². The van der Waals surface area contributed by atoms with E-state index < -0.39 is 6.04 Å². The predicted octanol–water partition coefficient (Wildman–Crippen LogP) is 4.06. The Hall–Kier alpha value is -2.73. The van der Waals surface area contributed by atoms with Gasteiger partial charge in [-0.1, -0.05) is 36.7 Å². The first kappa shape index (κ1) is 23.5. The quantitative estimate of drug-likeness (QED) is 0.614. The molecule has 0 radical (unpaired) electrons. The summed E-state index contributed by atoms with van der Waals surface area (Å²) in [5.74, 6) is 0.710. The van der Waals surface area contributed by atoms with Gasteiger partial charge in [-0.3, -0.25) is 9.59 Å². The maximum absolute atomic E-state index is 13.1. The van der Waals surface area contributed by atoms with Gasteiger partial charge in [-0.25, -0.2) is 0 Å². The summed E-state index contributed by atoms with van der Waals surface area (Å²) in [6.07, 6.45) is 0.478. The highest BCUT2D eigenvalue weighted by Gasteiger charge is 2.29. The molecular formula is C23H29ClN2O4. The molecule has 6 nitrogen and oxygen atoms in total. The first-order valence-electron chi connectivity index (χ1n) is 9.95. The zero-order valence-electron chi connectivity index (χ0n) is 17.9. The zero-order chi connectivity index (χ0) is 22.1. The predicted molar refractivity (Wildman–Crippen MR) is 118 cm³/mol. The van der Waals surface area contributed by atoms with E-state index in [-0.39, 0.29) is 31.0 Å². The number of nitrogens with one attached hydrogen (secondary N) is 1. The maximum Gasteiger partial charge on any atom is 0.261 e. The number of nitrogens with zero attached hydrogens (tertiary/aromatic N) is 1. The van der Waals surface area contributed by atoms with Crippen molar-refractivity contribution >= 4 is 23.4 Å². The van der Waals surface area contributed by atoms with Crippen molar-refractivity contribution in [3.63, 3.8) is 0 Å². The number of methoxy groups -OCH3 is 1. The first-order chi connectivity index (χ1) is 14.3. The van der Waals surface area contributed by atoms with Crippen LogP contribution in [0.3, 0.4) is 0 Å². The molecular weight excluding hydrogens is 404 g/mol. The van der Waals surface area contributed by atoms with Gasteiger partial charge in [0.05, 0.1) is 7.11 Å². The summed E-state index contributed by atoms with van der Waals surface area (Å²) in [7, 11) is 1.59. The summed E-state index contributed by atoms with van der Waals surface area (Å²) < 4.78 is 10.9. The molecule has 0 aliphatic carbocycles. The molecule has 0 aromatic heterocycles. The van der Waals surface area contributed by atoms with Crippen LogP contribution >= 0.6 is 11.6 Å². The molecule has 7 heteroatoms. The van der Waals surface area contributed by atoms with Crippen LogP contribution in [0.15, 0.2) is 48.5 Å². The molecule has 0 aliphatic rings. The molecule has 1 N–H and O–H groups in total. The minimum atomic E-state index is -0.617. The molecule has 1 atom stereocenters. The Morgan fingerprint density at radius 2 is 1.80 bits per heavy atom. The molecule has 0 saturated heterocycles. The van der Waals surface area contributed by atoms with Gasteiger partial charge in [0.2, 0.25) is 5.91 Å². The number of rotatable bonds is 10. The van der Waals surface area contributed by atoms with Gasteiger partial charge in [0, 0.05) is 17.6 Å². The summed E-state index contributed by atoms with van der Waals surface area (Å²) in [5.41, 5.74) is 0.862. The highest BCUT2D eigenvalue weighted by Crippen LogP contribution is 2.19. The van der Waals surface area contributed by atoms with Crippen LogP contribution in [0.5, 0.6) is 11.5 Å². The summed E-state index contributed by atoms with van der Waals surface area (Å²) in [5, 5.41) is 3.43. The van der Waals surface area contributed by atoms with Crippen LogP contribution in [-0.2, 0) is 16.1 Å². The minimum absolute atomic E-state index is 0.0250. The van der Waals surface area contributed by atoms with Crippen LogP contribution in [-0.4, -0.2) is 42.5 Å². The number of amides is 2. The molecule has 0 spiro atoms. The van der Waals surface area contributed by atoms with E-state index in [0.717, 1.165) is 5.56 Å².